The van der Waals surface area contributed by atoms with Crippen LogP contribution in [0.25, 0.3) is 0 Å². The SMILES string of the molecule is Cc1cc(C(=O)c2ccccc2)c(C)n1C(C)COc1ccc(C(=O)O)cc1. The van der Waals surface area contributed by atoms with E-state index < -0.39 is 5.97 Å². The van der Waals surface area contributed by atoms with Gasteiger partial charge in [0.05, 0.1) is 11.6 Å². The van der Waals surface area contributed by atoms with Gasteiger partial charge in [0.15, 0.2) is 5.78 Å². The molecule has 3 rings (SSSR count). The van der Waals surface area contributed by atoms with E-state index in [9.17, 15) is 9.59 Å². The van der Waals surface area contributed by atoms with E-state index in [4.69, 9.17) is 9.84 Å². The van der Waals surface area contributed by atoms with Crippen molar-refractivity contribution in [3.05, 3.63) is 88.7 Å². The second-order valence-electron chi connectivity index (χ2n) is 6.84. The molecule has 1 N–H and O–H groups in total. The van der Waals surface area contributed by atoms with E-state index in [-0.39, 0.29) is 17.4 Å². The average Bonchev–Trinajstić information content (AvgIpc) is 3.00. The number of ketones is 1. The molecular formula is C23H23NO4. The van der Waals surface area contributed by atoms with Crippen LogP contribution in [0.2, 0.25) is 0 Å². The van der Waals surface area contributed by atoms with E-state index in [2.05, 4.69) is 4.57 Å². The number of aromatic nitrogens is 1. The fourth-order valence-corrected chi connectivity index (χ4v) is 3.42. The average molecular weight is 377 g/mol. The number of hydrogen-bond acceptors (Lipinski definition) is 3. The predicted octanol–water partition coefficient (Wildman–Crippen LogP) is 4.67. The highest BCUT2D eigenvalue weighted by Gasteiger charge is 2.20. The van der Waals surface area contributed by atoms with Gasteiger partial charge in [-0.3, -0.25) is 4.79 Å². The lowest BCUT2D eigenvalue weighted by Gasteiger charge is -2.19. The first kappa shape index (κ1) is 19.4. The van der Waals surface area contributed by atoms with Gasteiger partial charge in [-0.15, -0.1) is 0 Å². The second-order valence-corrected chi connectivity index (χ2v) is 6.84. The summed E-state index contributed by atoms with van der Waals surface area (Å²) in [5.41, 5.74) is 3.49. The molecule has 0 aliphatic rings. The standard InChI is InChI=1S/C23H23NO4/c1-15-13-21(22(25)18-7-5-4-6-8-18)17(3)24(15)16(2)14-28-20-11-9-19(10-12-20)23(26)27/h4-13,16H,14H2,1-3H3,(H,26,27). The molecule has 144 valence electrons. The van der Waals surface area contributed by atoms with E-state index in [0.717, 1.165) is 11.4 Å². The van der Waals surface area contributed by atoms with E-state index in [0.29, 0.717) is 23.5 Å². The molecule has 0 radical (unpaired) electrons. The van der Waals surface area contributed by atoms with Crippen LogP contribution < -0.4 is 4.74 Å². The topological polar surface area (TPSA) is 68.5 Å². The van der Waals surface area contributed by atoms with Crippen molar-refractivity contribution < 1.29 is 19.4 Å². The van der Waals surface area contributed by atoms with Crippen molar-refractivity contribution in [2.75, 3.05) is 6.61 Å². The Labute approximate surface area is 164 Å². The van der Waals surface area contributed by atoms with Gasteiger partial charge < -0.3 is 14.4 Å². The molecule has 0 aliphatic carbocycles. The number of hydrogen-bond donors (Lipinski definition) is 1. The minimum Gasteiger partial charge on any atom is -0.491 e. The third-order valence-corrected chi connectivity index (χ3v) is 4.80. The summed E-state index contributed by atoms with van der Waals surface area (Å²) in [6.45, 7) is 6.36. The largest absolute Gasteiger partial charge is 0.491 e. The zero-order valence-corrected chi connectivity index (χ0v) is 16.2. The van der Waals surface area contributed by atoms with Gasteiger partial charge in [-0.2, -0.15) is 0 Å². The Kier molecular flexibility index (Phi) is 5.64. The van der Waals surface area contributed by atoms with Gasteiger partial charge in [-0.1, -0.05) is 30.3 Å². The molecule has 0 spiro atoms. The molecule has 1 atom stereocenters. The number of carbonyl (C=O) groups is 2. The number of benzene rings is 2. The van der Waals surface area contributed by atoms with Gasteiger partial charge in [0, 0.05) is 22.5 Å². The van der Waals surface area contributed by atoms with Gasteiger partial charge >= 0.3 is 5.97 Å². The van der Waals surface area contributed by atoms with Crippen molar-refractivity contribution in [1.29, 1.82) is 0 Å². The Hall–Kier alpha value is -3.34. The lowest BCUT2D eigenvalue weighted by Crippen LogP contribution is -2.17. The highest BCUT2D eigenvalue weighted by Crippen LogP contribution is 2.24. The van der Waals surface area contributed by atoms with Crippen molar-refractivity contribution in [3.63, 3.8) is 0 Å². The van der Waals surface area contributed by atoms with Crippen LogP contribution in [-0.4, -0.2) is 28.0 Å². The Bertz CT molecular complexity index is 987. The molecule has 0 amide bonds. The molecule has 0 bridgehead atoms. The quantitative estimate of drug-likeness (QED) is 0.607. The Balaban J connectivity index is 1.75. The maximum absolute atomic E-state index is 12.8. The van der Waals surface area contributed by atoms with Gasteiger partial charge in [0.2, 0.25) is 0 Å². The van der Waals surface area contributed by atoms with Crippen LogP contribution in [0.4, 0.5) is 0 Å². The summed E-state index contributed by atoms with van der Waals surface area (Å²) in [6, 6.07) is 17.5. The first-order chi connectivity index (χ1) is 13.4. The summed E-state index contributed by atoms with van der Waals surface area (Å²) < 4.78 is 7.92. The van der Waals surface area contributed by atoms with Crippen molar-refractivity contribution >= 4 is 11.8 Å². The number of aryl methyl sites for hydroxylation is 1. The van der Waals surface area contributed by atoms with E-state index in [1.807, 2.05) is 57.2 Å². The Morgan fingerprint density at radius 3 is 2.25 bits per heavy atom. The highest BCUT2D eigenvalue weighted by molar-refractivity contribution is 6.09. The van der Waals surface area contributed by atoms with Gasteiger partial charge in [-0.05, 0) is 51.1 Å². The van der Waals surface area contributed by atoms with E-state index >= 15 is 0 Å². The normalized spacial score (nSPS) is 11.8. The molecular weight excluding hydrogens is 354 g/mol. The molecule has 0 fully saturated rings. The molecule has 0 saturated carbocycles. The number of carboxylic acids is 1. The first-order valence-corrected chi connectivity index (χ1v) is 9.13. The van der Waals surface area contributed by atoms with Gasteiger partial charge in [-0.25, -0.2) is 4.79 Å². The van der Waals surface area contributed by atoms with Crippen LogP contribution in [0.1, 0.15) is 50.6 Å². The molecule has 0 saturated heterocycles. The Morgan fingerprint density at radius 1 is 1.00 bits per heavy atom. The fraction of sp³-hybridized carbons (Fsp3) is 0.217. The predicted molar refractivity (Wildman–Crippen MR) is 107 cm³/mol. The van der Waals surface area contributed by atoms with Crippen LogP contribution in [-0.2, 0) is 0 Å². The molecule has 1 heterocycles. The summed E-state index contributed by atoms with van der Waals surface area (Å²) in [6.07, 6.45) is 0. The lowest BCUT2D eigenvalue weighted by molar-refractivity contribution is 0.0696. The van der Waals surface area contributed by atoms with E-state index in [1.54, 1.807) is 12.1 Å². The smallest absolute Gasteiger partial charge is 0.335 e. The van der Waals surface area contributed by atoms with Gasteiger partial charge in [0.25, 0.3) is 0 Å². The molecule has 1 aromatic heterocycles. The van der Waals surface area contributed by atoms with Crippen molar-refractivity contribution in [2.24, 2.45) is 0 Å². The zero-order valence-electron chi connectivity index (χ0n) is 16.2. The second kappa shape index (κ2) is 8.13. The molecule has 3 aromatic rings. The summed E-state index contributed by atoms with van der Waals surface area (Å²) in [7, 11) is 0. The van der Waals surface area contributed by atoms with Crippen LogP contribution >= 0.6 is 0 Å². The molecule has 5 nitrogen and oxygen atoms in total. The monoisotopic (exact) mass is 377 g/mol. The fourth-order valence-electron chi connectivity index (χ4n) is 3.42. The first-order valence-electron chi connectivity index (χ1n) is 9.13. The third-order valence-electron chi connectivity index (χ3n) is 4.80. The lowest BCUT2D eigenvalue weighted by atomic mass is 10.0. The van der Waals surface area contributed by atoms with Crippen molar-refractivity contribution in [1.82, 2.24) is 4.57 Å². The zero-order chi connectivity index (χ0) is 20.3. The summed E-state index contributed by atoms with van der Waals surface area (Å²) >= 11 is 0. The molecule has 0 aliphatic heterocycles. The number of ether oxygens (including phenoxy) is 1. The number of carboxylic acid groups (broad SMARTS) is 1. The highest BCUT2D eigenvalue weighted by atomic mass is 16.5. The van der Waals surface area contributed by atoms with Crippen LogP contribution in [0.3, 0.4) is 0 Å². The van der Waals surface area contributed by atoms with Crippen LogP contribution in [0, 0.1) is 13.8 Å². The minimum absolute atomic E-state index is 0.0106. The van der Waals surface area contributed by atoms with Crippen molar-refractivity contribution in [2.45, 2.75) is 26.8 Å². The molecule has 2 aromatic carbocycles. The number of aromatic carboxylic acids is 1. The maximum atomic E-state index is 12.8. The van der Waals surface area contributed by atoms with E-state index in [1.165, 1.54) is 12.1 Å². The van der Waals surface area contributed by atoms with Crippen molar-refractivity contribution in [3.8, 4) is 5.75 Å². The summed E-state index contributed by atoms with van der Waals surface area (Å²) in [5, 5.41) is 8.96. The Morgan fingerprint density at radius 2 is 1.64 bits per heavy atom. The molecule has 1 unspecified atom stereocenters. The maximum Gasteiger partial charge on any atom is 0.335 e. The number of nitrogens with zero attached hydrogens (tertiary/aromatic N) is 1. The third kappa shape index (κ3) is 3.98. The van der Waals surface area contributed by atoms with Crippen LogP contribution in [0.5, 0.6) is 5.75 Å². The minimum atomic E-state index is -0.964. The van der Waals surface area contributed by atoms with Gasteiger partial charge in [0.1, 0.15) is 12.4 Å². The summed E-state index contributed by atoms with van der Waals surface area (Å²) in [4.78, 5) is 23.8. The molecule has 5 heteroatoms. The number of rotatable bonds is 7. The molecule has 28 heavy (non-hydrogen) atoms. The van der Waals surface area contributed by atoms with Crippen LogP contribution in [0.15, 0.2) is 60.7 Å². The number of carbonyl (C=O) groups excluding carboxylic acids is 1. The summed E-state index contributed by atoms with van der Waals surface area (Å²) in [5.74, 6) is -0.341.